The van der Waals surface area contributed by atoms with E-state index < -0.39 is 0 Å². The minimum atomic E-state index is -0.194. The zero-order valence-corrected chi connectivity index (χ0v) is 10.5. The quantitative estimate of drug-likeness (QED) is 0.769. The van der Waals surface area contributed by atoms with Crippen LogP contribution in [0.2, 0.25) is 0 Å². The van der Waals surface area contributed by atoms with Gasteiger partial charge in [-0.3, -0.25) is 0 Å². The predicted octanol–water partition coefficient (Wildman–Crippen LogP) is 2.06. The molecule has 1 aromatic carbocycles. The minimum Gasteiger partial charge on any atom is -0.393 e. The highest BCUT2D eigenvalue weighted by Crippen LogP contribution is 2.36. The van der Waals surface area contributed by atoms with Crippen molar-refractivity contribution in [3.05, 3.63) is 29.8 Å². The number of nitrogens with one attached hydrogen (secondary N) is 1. The highest BCUT2D eigenvalue weighted by atomic mass is 32.2. The fourth-order valence-electron chi connectivity index (χ4n) is 1.94. The lowest BCUT2D eigenvalue weighted by Gasteiger charge is -2.10. The molecule has 1 heterocycles. The summed E-state index contributed by atoms with van der Waals surface area (Å²) in [6.07, 6.45) is 1.81. The van der Waals surface area contributed by atoms with Crippen molar-refractivity contribution in [1.82, 2.24) is 5.32 Å². The van der Waals surface area contributed by atoms with Crippen molar-refractivity contribution < 1.29 is 5.11 Å². The highest BCUT2D eigenvalue weighted by molar-refractivity contribution is 8.00. The van der Waals surface area contributed by atoms with Gasteiger partial charge in [-0.15, -0.1) is 11.8 Å². The van der Waals surface area contributed by atoms with Gasteiger partial charge < -0.3 is 10.4 Å². The molecule has 2 unspecified atom stereocenters. The average molecular weight is 237 g/mol. The van der Waals surface area contributed by atoms with Crippen LogP contribution in [0, 0.1) is 0 Å². The second-order valence-corrected chi connectivity index (χ2v) is 5.74. The Morgan fingerprint density at radius 3 is 3.06 bits per heavy atom. The number of hydrogen-bond donors (Lipinski definition) is 2. The molecule has 1 aliphatic rings. The van der Waals surface area contributed by atoms with E-state index in [1.54, 1.807) is 0 Å². The molecule has 2 atom stereocenters. The molecule has 88 valence electrons. The van der Waals surface area contributed by atoms with Crippen LogP contribution in [0.4, 0.5) is 0 Å². The van der Waals surface area contributed by atoms with E-state index >= 15 is 0 Å². The second-order valence-electron chi connectivity index (χ2n) is 4.39. The monoisotopic (exact) mass is 237 g/mol. The van der Waals surface area contributed by atoms with Gasteiger partial charge in [0.2, 0.25) is 0 Å². The van der Waals surface area contributed by atoms with Crippen LogP contribution in [0.1, 0.15) is 18.9 Å². The molecule has 0 bridgehead atoms. The Morgan fingerprint density at radius 1 is 1.50 bits per heavy atom. The summed E-state index contributed by atoms with van der Waals surface area (Å²) in [4.78, 5) is 1.44. The number of rotatable bonds is 5. The number of thioether (sulfide) groups is 1. The van der Waals surface area contributed by atoms with Crippen LogP contribution in [-0.2, 0) is 6.42 Å². The lowest BCUT2D eigenvalue weighted by Crippen LogP contribution is -2.27. The molecule has 0 aromatic heterocycles. The van der Waals surface area contributed by atoms with Gasteiger partial charge >= 0.3 is 0 Å². The molecule has 0 saturated heterocycles. The Balaban J connectivity index is 1.71. The molecule has 0 saturated carbocycles. The molecule has 2 N–H and O–H groups in total. The topological polar surface area (TPSA) is 32.3 Å². The van der Waals surface area contributed by atoms with Crippen LogP contribution < -0.4 is 5.32 Å². The summed E-state index contributed by atoms with van der Waals surface area (Å²) in [5, 5.41) is 13.2. The number of benzene rings is 1. The van der Waals surface area contributed by atoms with Gasteiger partial charge in [-0.05, 0) is 37.9 Å². The summed E-state index contributed by atoms with van der Waals surface area (Å²) in [6, 6.07) is 8.64. The van der Waals surface area contributed by atoms with E-state index in [-0.39, 0.29) is 6.10 Å². The summed E-state index contributed by atoms with van der Waals surface area (Å²) in [5.41, 5.74) is 1.48. The van der Waals surface area contributed by atoms with Crippen molar-refractivity contribution in [1.29, 1.82) is 0 Å². The molecule has 0 radical (unpaired) electrons. The van der Waals surface area contributed by atoms with E-state index in [0.717, 1.165) is 19.5 Å². The molecule has 1 aromatic rings. The van der Waals surface area contributed by atoms with Crippen molar-refractivity contribution in [3.8, 4) is 0 Å². The number of aliphatic hydroxyl groups excluding tert-OH is 1. The van der Waals surface area contributed by atoms with Gasteiger partial charge in [0.25, 0.3) is 0 Å². The molecule has 16 heavy (non-hydrogen) atoms. The summed E-state index contributed by atoms with van der Waals surface area (Å²) < 4.78 is 0. The zero-order valence-electron chi connectivity index (χ0n) is 9.65. The Kier molecular flexibility index (Phi) is 4.27. The van der Waals surface area contributed by atoms with Crippen molar-refractivity contribution in [2.75, 3.05) is 13.1 Å². The number of hydrogen-bond acceptors (Lipinski definition) is 3. The molecular weight excluding hydrogens is 218 g/mol. The Morgan fingerprint density at radius 2 is 2.31 bits per heavy atom. The van der Waals surface area contributed by atoms with E-state index in [4.69, 9.17) is 5.11 Å². The van der Waals surface area contributed by atoms with Crippen LogP contribution in [0.25, 0.3) is 0 Å². The lowest BCUT2D eigenvalue weighted by atomic mass is 10.1. The van der Waals surface area contributed by atoms with Crippen LogP contribution in [-0.4, -0.2) is 29.5 Å². The van der Waals surface area contributed by atoms with Gasteiger partial charge in [-0.25, -0.2) is 0 Å². The maximum Gasteiger partial charge on any atom is 0.0524 e. The van der Waals surface area contributed by atoms with Gasteiger partial charge in [0.1, 0.15) is 0 Å². The van der Waals surface area contributed by atoms with Gasteiger partial charge in [0, 0.05) is 16.7 Å². The molecular formula is C13H19NOS. The lowest BCUT2D eigenvalue weighted by molar-refractivity contribution is 0.184. The predicted molar refractivity (Wildman–Crippen MR) is 69.0 cm³/mol. The third-order valence-corrected chi connectivity index (χ3v) is 4.14. The van der Waals surface area contributed by atoms with E-state index in [2.05, 4.69) is 29.6 Å². The van der Waals surface area contributed by atoms with Crippen molar-refractivity contribution in [2.24, 2.45) is 0 Å². The summed E-state index contributed by atoms with van der Waals surface area (Å²) in [5.74, 6) is 0. The van der Waals surface area contributed by atoms with Crippen LogP contribution in [0.5, 0.6) is 0 Å². The fraction of sp³-hybridized carbons (Fsp3) is 0.538. The van der Waals surface area contributed by atoms with Gasteiger partial charge in [-0.2, -0.15) is 0 Å². The standard InChI is InChI=1S/C13H19NOS/c1-10(15)6-7-14-9-12-8-11-4-2-3-5-13(11)16-12/h2-5,10,12,14-15H,6-9H2,1H3. The SMILES string of the molecule is CC(O)CCNCC1Cc2ccccc2S1. The largest absolute Gasteiger partial charge is 0.393 e. The first-order valence-corrected chi connectivity index (χ1v) is 6.77. The summed E-state index contributed by atoms with van der Waals surface area (Å²) in [7, 11) is 0. The average Bonchev–Trinajstić information content (AvgIpc) is 2.66. The maximum atomic E-state index is 9.14. The van der Waals surface area contributed by atoms with Gasteiger partial charge in [0.15, 0.2) is 0 Å². The minimum absolute atomic E-state index is 0.194. The fourth-order valence-corrected chi connectivity index (χ4v) is 3.22. The van der Waals surface area contributed by atoms with Crippen LogP contribution >= 0.6 is 11.8 Å². The molecule has 2 nitrogen and oxygen atoms in total. The molecule has 0 fully saturated rings. The van der Waals surface area contributed by atoms with Crippen molar-refractivity contribution in [2.45, 2.75) is 36.0 Å². The smallest absolute Gasteiger partial charge is 0.0524 e. The number of aliphatic hydroxyl groups is 1. The van der Waals surface area contributed by atoms with Gasteiger partial charge in [0.05, 0.1) is 6.10 Å². The Bertz CT molecular complexity index is 315. The van der Waals surface area contributed by atoms with Crippen molar-refractivity contribution in [3.63, 3.8) is 0 Å². The second kappa shape index (κ2) is 5.71. The number of fused-ring (bicyclic) bond motifs is 1. The molecule has 2 rings (SSSR count). The molecule has 0 amide bonds. The third kappa shape index (κ3) is 3.24. The zero-order chi connectivity index (χ0) is 11.4. The Hall–Kier alpha value is -0.510. The van der Waals surface area contributed by atoms with E-state index in [1.165, 1.54) is 16.9 Å². The highest BCUT2D eigenvalue weighted by Gasteiger charge is 2.20. The first-order valence-electron chi connectivity index (χ1n) is 5.89. The maximum absolute atomic E-state index is 9.14. The van der Waals surface area contributed by atoms with Gasteiger partial charge in [-0.1, -0.05) is 18.2 Å². The normalized spacial score (nSPS) is 20.8. The van der Waals surface area contributed by atoms with Crippen LogP contribution in [0.15, 0.2) is 29.2 Å². The van der Waals surface area contributed by atoms with Crippen molar-refractivity contribution >= 4 is 11.8 Å². The van der Waals surface area contributed by atoms with E-state index in [9.17, 15) is 0 Å². The summed E-state index contributed by atoms with van der Waals surface area (Å²) in [6.45, 7) is 3.78. The molecule has 1 aliphatic heterocycles. The molecule has 0 aliphatic carbocycles. The molecule has 0 spiro atoms. The first-order chi connectivity index (χ1) is 7.75. The Labute approximate surface area is 101 Å². The third-order valence-electron chi connectivity index (χ3n) is 2.82. The van der Waals surface area contributed by atoms with E-state index in [0.29, 0.717) is 5.25 Å². The molecule has 3 heteroatoms. The van der Waals surface area contributed by atoms with Crippen LogP contribution in [0.3, 0.4) is 0 Å². The van der Waals surface area contributed by atoms with E-state index in [1.807, 2.05) is 18.7 Å². The first kappa shape index (κ1) is 12.0. The summed E-state index contributed by atoms with van der Waals surface area (Å²) >= 11 is 1.97.